The number of nitrogens with one attached hydrogen (secondary N) is 2. The molecule has 0 bridgehead atoms. The van der Waals surface area contributed by atoms with Gasteiger partial charge in [0.25, 0.3) is 0 Å². The molecule has 0 radical (unpaired) electrons. The van der Waals surface area contributed by atoms with E-state index in [0.717, 1.165) is 17.7 Å². The van der Waals surface area contributed by atoms with Crippen LogP contribution in [0.4, 0.5) is 0 Å². The van der Waals surface area contributed by atoms with Crippen LogP contribution in [0.5, 0.6) is 0 Å². The summed E-state index contributed by atoms with van der Waals surface area (Å²) in [4.78, 5) is 15.2. The number of thiophene rings is 1. The summed E-state index contributed by atoms with van der Waals surface area (Å²) in [7, 11) is 1.69. The molecule has 1 aliphatic carbocycles. The van der Waals surface area contributed by atoms with E-state index in [0.29, 0.717) is 5.92 Å². The first-order valence-electron chi connectivity index (χ1n) is 6.72. The van der Waals surface area contributed by atoms with Crippen LogP contribution in [0.25, 0.3) is 0 Å². The van der Waals surface area contributed by atoms with Crippen LogP contribution in [0, 0.1) is 17.2 Å². The van der Waals surface area contributed by atoms with Gasteiger partial charge in [0.1, 0.15) is 0 Å². The number of carbonyl (C=O) groups excluding carboxylic acids is 1. The molecule has 2 fully saturated rings. The van der Waals surface area contributed by atoms with E-state index in [4.69, 9.17) is 5.41 Å². The molecule has 2 aliphatic rings. The topological polar surface area (TPSA) is 56.2 Å². The molecular weight excluding hydrogens is 258 g/mol. The Bertz CT molecular complexity index is 509. The predicted octanol–water partition coefficient (Wildman–Crippen LogP) is 2.38. The van der Waals surface area contributed by atoms with Crippen LogP contribution in [0.3, 0.4) is 0 Å². The molecule has 2 atom stereocenters. The lowest BCUT2D eigenvalue weighted by Crippen LogP contribution is -2.65. The summed E-state index contributed by atoms with van der Waals surface area (Å²) in [5, 5.41) is 13.3. The molecular formula is C14H19N3OS. The minimum absolute atomic E-state index is 0.0565. The Kier molecular flexibility index (Phi) is 2.89. The van der Waals surface area contributed by atoms with Crippen LogP contribution < -0.4 is 5.32 Å². The summed E-state index contributed by atoms with van der Waals surface area (Å²) in [6.45, 7) is 2.07. The Morgan fingerprint density at radius 3 is 2.79 bits per heavy atom. The zero-order chi connectivity index (χ0) is 13.6. The van der Waals surface area contributed by atoms with Crippen LogP contribution >= 0.6 is 11.3 Å². The Balaban J connectivity index is 2.03. The van der Waals surface area contributed by atoms with E-state index in [1.807, 2.05) is 11.4 Å². The normalized spacial score (nSPS) is 32.1. The van der Waals surface area contributed by atoms with Gasteiger partial charge in [-0.1, -0.05) is 12.5 Å². The van der Waals surface area contributed by atoms with E-state index in [-0.39, 0.29) is 17.8 Å². The van der Waals surface area contributed by atoms with Gasteiger partial charge in [-0.2, -0.15) is 0 Å². The van der Waals surface area contributed by atoms with Crippen LogP contribution in [0.1, 0.15) is 31.1 Å². The van der Waals surface area contributed by atoms with Gasteiger partial charge in [0.15, 0.2) is 5.96 Å². The van der Waals surface area contributed by atoms with E-state index >= 15 is 0 Å². The van der Waals surface area contributed by atoms with Gasteiger partial charge in [-0.15, -0.1) is 11.3 Å². The Hall–Kier alpha value is -1.36. The Morgan fingerprint density at radius 1 is 1.53 bits per heavy atom. The van der Waals surface area contributed by atoms with Crippen molar-refractivity contribution in [1.29, 1.82) is 5.41 Å². The number of nitrogens with zero attached hydrogens (tertiary/aromatic N) is 1. The van der Waals surface area contributed by atoms with Crippen LogP contribution in [0.15, 0.2) is 17.5 Å². The summed E-state index contributed by atoms with van der Waals surface area (Å²) < 4.78 is 0. The van der Waals surface area contributed by atoms with Gasteiger partial charge < -0.3 is 5.32 Å². The quantitative estimate of drug-likeness (QED) is 0.872. The van der Waals surface area contributed by atoms with Crippen molar-refractivity contribution in [2.75, 3.05) is 7.05 Å². The molecule has 19 heavy (non-hydrogen) atoms. The summed E-state index contributed by atoms with van der Waals surface area (Å²) in [5.41, 5.74) is -0.431. The van der Waals surface area contributed by atoms with Crippen molar-refractivity contribution < 1.29 is 4.79 Å². The summed E-state index contributed by atoms with van der Waals surface area (Å²) >= 11 is 1.66. The lowest BCUT2D eigenvalue weighted by molar-refractivity contribution is -0.139. The van der Waals surface area contributed by atoms with E-state index < -0.39 is 5.54 Å². The number of amides is 1. The first-order chi connectivity index (χ1) is 9.04. The van der Waals surface area contributed by atoms with Crippen molar-refractivity contribution in [2.45, 2.75) is 31.7 Å². The summed E-state index contributed by atoms with van der Waals surface area (Å²) in [6.07, 6.45) is 3.47. The van der Waals surface area contributed by atoms with Gasteiger partial charge in [0.2, 0.25) is 5.91 Å². The number of carbonyl (C=O) groups is 1. The summed E-state index contributed by atoms with van der Waals surface area (Å²) in [5.74, 6) is 0.683. The highest BCUT2D eigenvalue weighted by Crippen LogP contribution is 2.46. The molecule has 1 saturated heterocycles. The molecule has 1 aromatic rings. The largest absolute Gasteiger partial charge is 0.345 e. The fourth-order valence-electron chi connectivity index (χ4n) is 3.21. The third kappa shape index (κ3) is 1.79. The van der Waals surface area contributed by atoms with Crippen molar-refractivity contribution in [3.8, 4) is 0 Å². The van der Waals surface area contributed by atoms with E-state index in [1.165, 1.54) is 11.3 Å². The highest BCUT2D eigenvalue weighted by Gasteiger charge is 2.52. The van der Waals surface area contributed by atoms with E-state index in [9.17, 15) is 4.79 Å². The highest BCUT2D eigenvalue weighted by molar-refractivity contribution is 7.10. The minimum Gasteiger partial charge on any atom is -0.345 e. The maximum Gasteiger partial charge on any atom is 0.235 e. The second-order valence-corrected chi connectivity index (χ2v) is 6.67. The molecule has 102 valence electrons. The highest BCUT2D eigenvalue weighted by atomic mass is 32.1. The molecule has 2 heterocycles. The number of hydrogen-bond acceptors (Lipinski definition) is 3. The van der Waals surface area contributed by atoms with Crippen molar-refractivity contribution in [2.24, 2.45) is 11.8 Å². The molecule has 3 rings (SSSR count). The lowest BCUT2D eigenvalue weighted by Gasteiger charge is -2.49. The molecule has 1 saturated carbocycles. The molecule has 1 aromatic heterocycles. The number of hydrogen-bond donors (Lipinski definition) is 2. The fourth-order valence-corrected chi connectivity index (χ4v) is 4.09. The number of rotatable bonds is 2. The van der Waals surface area contributed by atoms with Crippen molar-refractivity contribution in [3.63, 3.8) is 0 Å². The van der Waals surface area contributed by atoms with E-state index in [1.54, 1.807) is 18.4 Å². The fraction of sp³-hybridized carbons (Fsp3) is 0.571. The zero-order valence-corrected chi connectivity index (χ0v) is 12.1. The standard InChI is InChI=1S/C14H19N3OS/c1-14(10-7-4-8-19-10)11(9-5-3-6-9)12(18)17(2)13(15)16-14/h4,7-9,11H,3,5-6H2,1-2H3,(H2,15,16)/t11-,14+/m0/s1. The SMILES string of the molecule is CN1C(=N)N[C@](C)(c2cccs2)[C@@H](C2CCC2)C1=O. The van der Waals surface area contributed by atoms with Crippen molar-refractivity contribution in [1.82, 2.24) is 10.2 Å². The van der Waals surface area contributed by atoms with Gasteiger partial charge in [-0.05, 0) is 37.1 Å². The molecule has 4 nitrogen and oxygen atoms in total. The monoisotopic (exact) mass is 277 g/mol. The average molecular weight is 277 g/mol. The molecule has 1 aliphatic heterocycles. The van der Waals surface area contributed by atoms with E-state index in [2.05, 4.69) is 18.3 Å². The molecule has 2 N–H and O–H groups in total. The van der Waals surface area contributed by atoms with Crippen molar-refractivity contribution in [3.05, 3.63) is 22.4 Å². The molecule has 5 heteroatoms. The molecule has 0 spiro atoms. The third-order valence-electron chi connectivity index (χ3n) is 4.59. The first-order valence-corrected chi connectivity index (χ1v) is 7.60. The van der Waals surface area contributed by atoms with Crippen molar-refractivity contribution >= 4 is 23.2 Å². The Labute approximate surface area is 117 Å². The van der Waals surface area contributed by atoms with Gasteiger partial charge in [0.05, 0.1) is 11.5 Å². The number of guanidine groups is 1. The van der Waals surface area contributed by atoms with Crippen LogP contribution in [0.2, 0.25) is 0 Å². The summed E-state index contributed by atoms with van der Waals surface area (Å²) in [6, 6.07) is 4.08. The average Bonchev–Trinajstić information content (AvgIpc) is 2.83. The van der Waals surface area contributed by atoms with Gasteiger partial charge in [-0.3, -0.25) is 15.1 Å². The second kappa shape index (κ2) is 4.34. The zero-order valence-electron chi connectivity index (χ0n) is 11.3. The first kappa shape index (κ1) is 12.7. The molecule has 1 amide bonds. The third-order valence-corrected chi connectivity index (χ3v) is 5.69. The molecule has 0 unspecified atom stereocenters. The maximum absolute atomic E-state index is 12.6. The Morgan fingerprint density at radius 2 is 2.26 bits per heavy atom. The minimum atomic E-state index is -0.431. The van der Waals surface area contributed by atoms with Gasteiger partial charge >= 0.3 is 0 Å². The predicted molar refractivity (Wildman–Crippen MR) is 76.1 cm³/mol. The van der Waals surface area contributed by atoms with Crippen LogP contribution in [-0.2, 0) is 10.3 Å². The second-order valence-electron chi connectivity index (χ2n) is 5.72. The molecule has 0 aromatic carbocycles. The maximum atomic E-state index is 12.6. The smallest absolute Gasteiger partial charge is 0.235 e. The van der Waals surface area contributed by atoms with Gasteiger partial charge in [-0.25, -0.2) is 0 Å². The lowest BCUT2D eigenvalue weighted by atomic mass is 9.66. The van der Waals surface area contributed by atoms with Crippen LogP contribution in [-0.4, -0.2) is 23.8 Å². The van der Waals surface area contributed by atoms with Gasteiger partial charge in [0, 0.05) is 11.9 Å².